The van der Waals surface area contributed by atoms with E-state index in [1.165, 1.54) is 30.7 Å². The van der Waals surface area contributed by atoms with Gasteiger partial charge in [0.15, 0.2) is 0 Å². The first-order chi connectivity index (χ1) is 19.5. The average Bonchev–Trinajstić information content (AvgIpc) is 3.62. The van der Waals surface area contributed by atoms with Gasteiger partial charge in [-0.15, -0.1) is 10.2 Å². The van der Waals surface area contributed by atoms with E-state index < -0.39 is 22.8 Å². The fourth-order valence-electron chi connectivity index (χ4n) is 6.45. The number of fused-ring (bicyclic) bond motifs is 3. The molecule has 3 aromatic carbocycles. The van der Waals surface area contributed by atoms with Gasteiger partial charge in [0.2, 0.25) is 18.0 Å². The van der Waals surface area contributed by atoms with Crippen LogP contribution in [0.1, 0.15) is 52.4 Å². The lowest BCUT2D eigenvalue weighted by Gasteiger charge is -2.44. The number of hydrogen-bond acceptors (Lipinski definition) is 4. The molecular weight excluding hydrogens is 541 g/mol. The highest BCUT2D eigenvalue weighted by atomic mass is 19.4. The summed E-state index contributed by atoms with van der Waals surface area (Å²) in [6.07, 6.45) is -1.93. The zero-order chi connectivity index (χ0) is 29.0. The molecule has 3 atom stereocenters. The average molecular weight is 568 g/mol. The van der Waals surface area contributed by atoms with Crippen molar-refractivity contribution in [2.75, 3.05) is 6.54 Å². The van der Waals surface area contributed by atoms with Crippen molar-refractivity contribution >= 4 is 5.91 Å². The molecule has 1 aromatic heterocycles. The van der Waals surface area contributed by atoms with Crippen LogP contribution in [-0.4, -0.2) is 39.8 Å². The number of carbonyl (C=O) groups is 1. The molecule has 0 N–H and O–H groups in total. The highest BCUT2D eigenvalue weighted by Crippen LogP contribution is 2.51. The van der Waals surface area contributed by atoms with Crippen LogP contribution in [0.25, 0.3) is 11.5 Å². The number of halogens is 5. The van der Waals surface area contributed by atoms with Gasteiger partial charge in [0.1, 0.15) is 5.82 Å². The number of nitrogens with zero attached hydrogens (tertiary/aromatic N) is 3. The normalized spacial score (nSPS) is 21.7. The van der Waals surface area contributed by atoms with Crippen molar-refractivity contribution in [1.82, 2.24) is 15.1 Å². The van der Waals surface area contributed by atoms with Crippen molar-refractivity contribution in [3.05, 3.63) is 107 Å². The lowest BCUT2D eigenvalue weighted by atomic mass is 9.63. The Hall–Kier alpha value is -4.08. The quantitative estimate of drug-likeness (QED) is 0.245. The Labute approximate surface area is 233 Å². The largest absolute Gasteiger partial charge is 0.426 e. The number of amides is 1. The second-order valence-electron chi connectivity index (χ2n) is 11.0. The fourth-order valence-corrected chi connectivity index (χ4v) is 6.45. The molecule has 1 saturated heterocycles. The first-order valence-electron chi connectivity index (χ1n) is 13.3. The minimum Gasteiger partial charge on any atom is -0.423 e. The predicted molar refractivity (Wildman–Crippen MR) is 140 cm³/mol. The molecule has 0 bridgehead atoms. The molecule has 0 radical (unpaired) electrons. The summed E-state index contributed by atoms with van der Waals surface area (Å²) in [4.78, 5) is 15.6. The van der Waals surface area contributed by atoms with Gasteiger partial charge in [-0.1, -0.05) is 30.3 Å². The van der Waals surface area contributed by atoms with Gasteiger partial charge in [-0.3, -0.25) is 4.79 Å². The third kappa shape index (κ3) is 4.59. The van der Waals surface area contributed by atoms with E-state index >= 15 is 0 Å². The number of hydrogen-bond donors (Lipinski definition) is 0. The minimum absolute atomic E-state index is 0.165. The maximum Gasteiger partial charge on any atom is 0.426 e. The van der Waals surface area contributed by atoms with Crippen molar-refractivity contribution in [3.8, 4) is 11.5 Å². The van der Waals surface area contributed by atoms with Crippen LogP contribution in [0.2, 0.25) is 0 Å². The number of aromatic nitrogens is 2. The zero-order valence-electron chi connectivity index (χ0n) is 22.1. The third-order valence-electron chi connectivity index (χ3n) is 8.65. The Balaban J connectivity index is 1.37. The van der Waals surface area contributed by atoms with Gasteiger partial charge in [-0.25, -0.2) is 8.78 Å². The van der Waals surface area contributed by atoms with Crippen molar-refractivity contribution in [3.63, 3.8) is 0 Å². The smallest absolute Gasteiger partial charge is 0.423 e. The van der Waals surface area contributed by atoms with Crippen LogP contribution in [0, 0.1) is 5.82 Å². The second kappa shape index (κ2) is 9.78. The Morgan fingerprint density at radius 2 is 1.78 bits per heavy atom. The van der Waals surface area contributed by atoms with Gasteiger partial charge in [0.05, 0.1) is 0 Å². The molecule has 0 saturated carbocycles. The minimum atomic E-state index is -5.06. The Bertz CT molecular complexity index is 1570. The molecule has 1 aliphatic heterocycles. The summed E-state index contributed by atoms with van der Waals surface area (Å²) in [6.45, 7) is 0.967. The van der Waals surface area contributed by atoms with Crippen LogP contribution < -0.4 is 0 Å². The molecule has 4 aromatic rings. The standard InChI is InChI=1S/C31H26F5N3O2/c1-29(33,31(34,35)36)23-9-12-25-22(16-23)8-13-26-30(25,17-19-2-10-24(32)11-3-19)14-15-39(26)28(40)21-6-4-20(5-7-21)27-38-37-18-41-27/h2-7,9-12,16,18,26H,8,13-15,17H2,1H3/t26-,29?,30-/m1/s1. The molecule has 2 aliphatic rings. The van der Waals surface area contributed by atoms with Crippen LogP contribution in [0.15, 0.2) is 77.5 Å². The maximum absolute atomic E-state index is 14.9. The summed E-state index contributed by atoms with van der Waals surface area (Å²) < 4.78 is 74.3. The Morgan fingerprint density at radius 3 is 2.44 bits per heavy atom. The van der Waals surface area contributed by atoms with Crippen LogP contribution in [0.5, 0.6) is 0 Å². The third-order valence-corrected chi connectivity index (χ3v) is 8.65. The van der Waals surface area contributed by atoms with Gasteiger partial charge >= 0.3 is 6.18 Å². The molecule has 212 valence electrons. The summed E-state index contributed by atoms with van der Waals surface area (Å²) in [5, 5.41) is 7.55. The van der Waals surface area contributed by atoms with E-state index in [4.69, 9.17) is 4.42 Å². The van der Waals surface area contributed by atoms with E-state index in [1.54, 1.807) is 42.5 Å². The van der Waals surface area contributed by atoms with Gasteiger partial charge in [-0.05, 0) is 91.3 Å². The van der Waals surface area contributed by atoms with Gasteiger partial charge in [-0.2, -0.15) is 13.2 Å². The molecule has 6 rings (SSSR count). The molecule has 5 nitrogen and oxygen atoms in total. The molecule has 1 fully saturated rings. The Morgan fingerprint density at radius 1 is 1.05 bits per heavy atom. The summed E-state index contributed by atoms with van der Waals surface area (Å²) in [5.41, 5.74) is -1.11. The van der Waals surface area contributed by atoms with Gasteiger partial charge in [0.25, 0.3) is 5.91 Å². The van der Waals surface area contributed by atoms with Crippen LogP contribution >= 0.6 is 0 Å². The van der Waals surface area contributed by atoms with E-state index in [1.807, 2.05) is 4.90 Å². The zero-order valence-corrected chi connectivity index (χ0v) is 22.1. The van der Waals surface area contributed by atoms with Crippen molar-refractivity contribution in [1.29, 1.82) is 0 Å². The highest BCUT2D eigenvalue weighted by Gasteiger charge is 2.55. The first kappa shape index (κ1) is 27.1. The molecule has 1 aliphatic carbocycles. The summed E-state index contributed by atoms with van der Waals surface area (Å²) >= 11 is 0. The van der Waals surface area contributed by atoms with Gasteiger partial charge < -0.3 is 9.32 Å². The van der Waals surface area contributed by atoms with E-state index in [0.717, 1.165) is 11.1 Å². The van der Waals surface area contributed by atoms with E-state index in [-0.39, 0.29) is 17.8 Å². The lowest BCUT2D eigenvalue weighted by molar-refractivity contribution is -0.228. The number of benzene rings is 3. The van der Waals surface area contributed by atoms with E-state index in [0.29, 0.717) is 61.7 Å². The van der Waals surface area contributed by atoms with Crippen LogP contribution in [-0.2, 0) is 23.9 Å². The Kier molecular flexibility index (Phi) is 6.47. The second-order valence-corrected chi connectivity index (χ2v) is 11.0. The van der Waals surface area contributed by atoms with Crippen molar-refractivity contribution < 1.29 is 31.2 Å². The highest BCUT2D eigenvalue weighted by molar-refractivity contribution is 5.95. The predicted octanol–water partition coefficient (Wildman–Crippen LogP) is 6.96. The molecule has 2 heterocycles. The van der Waals surface area contributed by atoms with Crippen molar-refractivity contribution in [2.24, 2.45) is 0 Å². The molecule has 1 amide bonds. The summed E-state index contributed by atoms with van der Waals surface area (Å²) in [5.74, 6) is -0.207. The van der Waals surface area contributed by atoms with Gasteiger partial charge in [0, 0.05) is 29.1 Å². The number of carbonyl (C=O) groups excluding carboxylic acids is 1. The fraction of sp³-hybridized carbons (Fsp3) is 0.323. The first-order valence-corrected chi connectivity index (χ1v) is 13.3. The summed E-state index contributed by atoms with van der Waals surface area (Å²) in [7, 11) is 0. The molecule has 41 heavy (non-hydrogen) atoms. The molecule has 0 spiro atoms. The van der Waals surface area contributed by atoms with E-state index in [2.05, 4.69) is 10.2 Å². The topological polar surface area (TPSA) is 59.2 Å². The van der Waals surface area contributed by atoms with Crippen LogP contribution in [0.3, 0.4) is 0 Å². The number of likely N-dealkylation sites (tertiary alicyclic amines) is 1. The van der Waals surface area contributed by atoms with Crippen molar-refractivity contribution in [2.45, 2.75) is 55.9 Å². The molecule has 1 unspecified atom stereocenters. The summed E-state index contributed by atoms with van der Waals surface area (Å²) in [6, 6.07) is 16.8. The van der Waals surface area contributed by atoms with Crippen LogP contribution in [0.4, 0.5) is 22.0 Å². The lowest BCUT2D eigenvalue weighted by Crippen LogP contribution is -2.49. The van der Waals surface area contributed by atoms with E-state index in [9.17, 15) is 26.7 Å². The number of rotatable bonds is 5. The number of alkyl halides is 4. The monoisotopic (exact) mass is 567 g/mol. The maximum atomic E-state index is 14.9. The molecular formula is C31H26F5N3O2. The number of aryl methyl sites for hydroxylation is 1. The SMILES string of the molecule is CC(F)(c1ccc2c(c1)CC[C@H]1N(C(=O)c3ccc(-c4nnco4)cc3)CC[C@@]21Cc1ccc(F)cc1)C(F)(F)F. The molecule has 10 heteroatoms.